The van der Waals surface area contributed by atoms with Crippen molar-refractivity contribution in [3.63, 3.8) is 0 Å². The van der Waals surface area contributed by atoms with Crippen molar-refractivity contribution in [2.45, 2.75) is 43.9 Å². The van der Waals surface area contributed by atoms with Gasteiger partial charge in [0.15, 0.2) is 0 Å². The van der Waals surface area contributed by atoms with E-state index in [1.807, 2.05) is 31.2 Å². The molecule has 0 saturated carbocycles. The molecule has 1 fully saturated rings. The molecule has 6 nitrogen and oxygen atoms in total. The molecule has 3 rings (SSSR count). The summed E-state index contributed by atoms with van der Waals surface area (Å²) in [4.78, 5) is 12.4. The Hall–Kier alpha value is -2.38. The van der Waals surface area contributed by atoms with Crippen molar-refractivity contribution in [3.05, 3.63) is 54.1 Å². The fraction of sp³-hybridized carbons (Fsp3) is 0.409. The van der Waals surface area contributed by atoms with E-state index in [2.05, 4.69) is 5.32 Å². The number of aryl methyl sites for hydroxylation is 1. The van der Waals surface area contributed by atoms with Gasteiger partial charge in [-0.15, -0.1) is 0 Å². The van der Waals surface area contributed by atoms with Gasteiger partial charge in [-0.25, -0.2) is 8.42 Å². The van der Waals surface area contributed by atoms with Gasteiger partial charge in [-0.3, -0.25) is 4.79 Å². The number of carbonyl (C=O) groups is 1. The molecule has 1 N–H and O–H groups in total. The van der Waals surface area contributed by atoms with Crippen LogP contribution in [0.25, 0.3) is 0 Å². The Labute approximate surface area is 172 Å². The third-order valence-electron chi connectivity index (χ3n) is 4.93. The molecule has 29 heavy (non-hydrogen) atoms. The molecule has 1 aliphatic rings. The van der Waals surface area contributed by atoms with Gasteiger partial charge in [0.25, 0.3) is 0 Å². The standard InChI is InChI=1S/C22H28N2O4S/c1-18-7-11-20(12-8-18)28-17-5-6-22(25)23-19-9-13-21(14-10-19)29(26,27)24-15-3-2-4-16-24/h7-14H,2-6,15-17H2,1H3,(H,23,25). The summed E-state index contributed by atoms with van der Waals surface area (Å²) in [6, 6.07) is 14.2. The van der Waals surface area contributed by atoms with Crippen LogP contribution in [0.1, 0.15) is 37.7 Å². The Bertz CT molecular complexity index is 903. The van der Waals surface area contributed by atoms with Crippen molar-refractivity contribution in [2.75, 3.05) is 25.0 Å². The average Bonchev–Trinajstić information content (AvgIpc) is 2.73. The summed E-state index contributed by atoms with van der Waals surface area (Å²) in [5, 5.41) is 2.80. The second-order valence-corrected chi connectivity index (χ2v) is 9.24. The first-order valence-corrected chi connectivity index (χ1v) is 11.5. The molecule has 0 unspecified atom stereocenters. The van der Waals surface area contributed by atoms with E-state index in [4.69, 9.17) is 4.74 Å². The Morgan fingerprint density at radius 2 is 1.66 bits per heavy atom. The molecule has 0 radical (unpaired) electrons. The van der Waals surface area contributed by atoms with Crippen molar-refractivity contribution in [3.8, 4) is 5.75 Å². The Kier molecular flexibility index (Phi) is 7.28. The quantitative estimate of drug-likeness (QED) is 0.661. The molecule has 7 heteroatoms. The number of piperidine rings is 1. The minimum absolute atomic E-state index is 0.121. The van der Waals surface area contributed by atoms with Crippen molar-refractivity contribution in [1.29, 1.82) is 0 Å². The zero-order valence-electron chi connectivity index (χ0n) is 16.8. The smallest absolute Gasteiger partial charge is 0.243 e. The molecule has 156 valence electrons. The highest BCUT2D eigenvalue weighted by molar-refractivity contribution is 7.89. The lowest BCUT2D eigenvalue weighted by Crippen LogP contribution is -2.35. The fourth-order valence-corrected chi connectivity index (χ4v) is 4.76. The summed E-state index contributed by atoms with van der Waals surface area (Å²) in [5.41, 5.74) is 1.76. The maximum absolute atomic E-state index is 12.7. The van der Waals surface area contributed by atoms with Crippen LogP contribution in [0.4, 0.5) is 5.69 Å². The van der Waals surface area contributed by atoms with Crippen LogP contribution in [0.3, 0.4) is 0 Å². The highest BCUT2D eigenvalue weighted by Crippen LogP contribution is 2.22. The van der Waals surface area contributed by atoms with E-state index < -0.39 is 10.0 Å². The van der Waals surface area contributed by atoms with Gasteiger partial charge >= 0.3 is 0 Å². The first kappa shape index (κ1) is 21.3. The molecule has 2 aromatic rings. The zero-order chi connectivity index (χ0) is 20.7. The molecule has 0 spiro atoms. The Morgan fingerprint density at radius 1 is 1.00 bits per heavy atom. The number of nitrogens with one attached hydrogen (secondary N) is 1. The van der Waals surface area contributed by atoms with E-state index in [1.165, 1.54) is 9.87 Å². The number of carbonyl (C=O) groups excluding carboxylic acids is 1. The van der Waals surface area contributed by atoms with E-state index in [0.29, 0.717) is 38.2 Å². The summed E-state index contributed by atoms with van der Waals surface area (Å²) in [5.74, 6) is 0.672. The summed E-state index contributed by atoms with van der Waals surface area (Å²) < 4.78 is 32.5. The summed E-state index contributed by atoms with van der Waals surface area (Å²) in [7, 11) is -3.45. The van der Waals surface area contributed by atoms with Gasteiger partial charge < -0.3 is 10.1 Å². The number of anilines is 1. The SMILES string of the molecule is Cc1ccc(OCCCC(=O)Nc2ccc(S(=O)(=O)N3CCCCC3)cc2)cc1. The van der Waals surface area contributed by atoms with Crippen LogP contribution >= 0.6 is 0 Å². The topological polar surface area (TPSA) is 75.7 Å². The Balaban J connectivity index is 1.45. The predicted molar refractivity (Wildman–Crippen MR) is 114 cm³/mol. The fourth-order valence-electron chi connectivity index (χ4n) is 3.25. The second kappa shape index (κ2) is 9.89. The molecule has 0 bridgehead atoms. The molecule has 1 heterocycles. The molecule has 0 atom stereocenters. The number of hydrogen-bond donors (Lipinski definition) is 1. The second-order valence-electron chi connectivity index (χ2n) is 7.30. The Morgan fingerprint density at radius 3 is 2.31 bits per heavy atom. The van der Waals surface area contributed by atoms with Crippen LogP contribution in [-0.2, 0) is 14.8 Å². The molecular weight excluding hydrogens is 388 g/mol. The summed E-state index contributed by atoms with van der Waals surface area (Å²) in [6.45, 7) is 3.63. The zero-order valence-corrected chi connectivity index (χ0v) is 17.6. The van der Waals surface area contributed by atoms with E-state index in [1.54, 1.807) is 24.3 Å². The normalized spacial score (nSPS) is 15.1. The maximum Gasteiger partial charge on any atom is 0.243 e. The van der Waals surface area contributed by atoms with Gasteiger partial charge in [0.1, 0.15) is 5.75 Å². The first-order chi connectivity index (χ1) is 13.9. The van der Waals surface area contributed by atoms with Crippen LogP contribution in [0.5, 0.6) is 5.75 Å². The molecule has 1 aliphatic heterocycles. The van der Waals surface area contributed by atoms with Crippen LogP contribution in [0, 0.1) is 6.92 Å². The number of nitrogens with zero attached hydrogens (tertiary/aromatic N) is 1. The number of rotatable bonds is 8. The van der Waals surface area contributed by atoms with Crippen LogP contribution in [0.15, 0.2) is 53.4 Å². The van der Waals surface area contributed by atoms with Gasteiger partial charge in [0, 0.05) is 25.2 Å². The van der Waals surface area contributed by atoms with Gasteiger partial charge in [0.2, 0.25) is 15.9 Å². The van der Waals surface area contributed by atoms with E-state index >= 15 is 0 Å². The lowest BCUT2D eigenvalue weighted by atomic mass is 10.2. The highest BCUT2D eigenvalue weighted by atomic mass is 32.2. The number of ether oxygens (including phenoxy) is 1. The number of sulfonamides is 1. The lowest BCUT2D eigenvalue weighted by molar-refractivity contribution is -0.116. The molecule has 2 aromatic carbocycles. The van der Waals surface area contributed by atoms with Crippen molar-refractivity contribution in [1.82, 2.24) is 4.31 Å². The predicted octanol–water partition coefficient (Wildman–Crippen LogP) is 3.97. The minimum atomic E-state index is -3.45. The maximum atomic E-state index is 12.7. The van der Waals surface area contributed by atoms with Crippen LogP contribution < -0.4 is 10.1 Å². The highest BCUT2D eigenvalue weighted by Gasteiger charge is 2.25. The van der Waals surface area contributed by atoms with Crippen molar-refractivity contribution < 1.29 is 17.9 Å². The number of amides is 1. The molecule has 0 aliphatic carbocycles. The molecular formula is C22H28N2O4S. The molecule has 0 aromatic heterocycles. The van der Waals surface area contributed by atoms with Gasteiger partial charge in [0.05, 0.1) is 11.5 Å². The van der Waals surface area contributed by atoms with Gasteiger partial charge in [-0.05, 0) is 62.6 Å². The van der Waals surface area contributed by atoms with Crippen LogP contribution in [0.2, 0.25) is 0 Å². The van der Waals surface area contributed by atoms with E-state index in [0.717, 1.165) is 25.0 Å². The monoisotopic (exact) mass is 416 g/mol. The molecule has 1 saturated heterocycles. The number of hydrogen-bond acceptors (Lipinski definition) is 4. The van der Waals surface area contributed by atoms with E-state index in [9.17, 15) is 13.2 Å². The largest absolute Gasteiger partial charge is 0.494 e. The van der Waals surface area contributed by atoms with E-state index in [-0.39, 0.29) is 10.8 Å². The third-order valence-corrected chi connectivity index (χ3v) is 6.84. The average molecular weight is 417 g/mol. The third kappa shape index (κ3) is 6.05. The van der Waals surface area contributed by atoms with Crippen molar-refractivity contribution >= 4 is 21.6 Å². The minimum Gasteiger partial charge on any atom is -0.494 e. The van der Waals surface area contributed by atoms with Gasteiger partial charge in [-0.2, -0.15) is 4.31 Å². The van der Waals surface area contributed by atoms with Crippen molar-refractivity contribution in [2.24, 2.45) is 0 Å². The first-order valence-electron chi connectivity index (χ1n) is 10.0. The van der Waals surface area contributed by atoms with Crippen LogP contribution in [-0.4, -0.2) is 38.3 Å². The van der Waals surface area contributed by atoms with Gasteiger partial charge in [-0.1, -0.05) is 24.1 Å². The lowest BCUT2D eigenvalue weighted by Gasteiger charge is -2.25. The molecule has 1 amide bonds. The summed E-state index contributed by atoms with van der Waals surface area (Å²) in [6.07, 6.45) is 3.82. The summed E-state index contributed by atoms with van der Waals surface area (Å²) >= 11 is 0. The number of benzene rings is 2.